The highest BCUT2D eigenvalue weighted by molar-refractivity contribution is 6.04. The van der Waals surface area contributed by atoms with Crippen molar-refractivity contribution in [3.8, 4) is 11.8 Å². The van der Waals surface area contributed by atoms with Crippen molar-refractivity contribution in [1.29, 1.82) is 0 Å². The van der Waals surface area contributed by atoms with E-state index in [-0.39, 0.29) is 42.3 Å². The number of ether oxygens (including phenoxy) is 5. The monoisotopic (exact) mass is 758 g/mol. The number of nitrogens with zero attached hydrogens (tertiary/aromatic N) is 3. The number of aliphatic imine (C=N–C) groups is 1. The van der Waals surface area contributed by atoms with E-state index in [1.54, 1.807) is 13.8 Å². The molecule has 4 aliphatic heterocycles. The molecule has 11 nitrogen and oxygen atoms in total. The number of rotatable bonds is 6. The number of esters is 1. The van der Waals surface area contributed by atoms with Crippen LogP contribution in [0.3, 0.4) is 0 Å². The summed E-state index contributed by atoms with van der Waals surface area (Å²) in [7, 11) is 4.13. The number of hydrogen-bond donors (Lipinski definition) is 0. The molecule has 3 fully saturated rings. The van der Waals surface area contributed by atoms with Crippen molar-refractivity contribution in [2.75, 3.05) is 20.7 Å². The first kappa shape index (κ1) is 44.2. The number of Topliss-reactive ketones (excluding diaryl/α,β-unsaturated/α-hetero) is 1. The van der Waals surface area contributed by atoms with Gasteiger partial charge in [-0.15, -0.1) is 5.92 Å². The maximum Gasteiger partial charge on any atom is 0.411 e. The molecule has 4 rings (SSSR count). The van der Waals surface area contributed by atoms with Crippen LogP contribution in [0.25, 0.3) is 0 Å². The third-order valence-electron chi connectivity index (χ3n) is 13.6. The van der Waals surface area contributed by atoms with Gasteiger partial charge in [-0.05, 0) is 102 Å². The van der Waals surface area contributed by atoms with E-state index in [4.69, 9.17) is 28.7 Å². The molecule has 0 aliphatic carbocycles. The first-order valence-electron chi connectivity index (χ1n) is 20.3. The molecule has 54 heavy (non-hydrogen) atoms. The summed E-state index contributed by atoms with van der Waals surface area (Å²) >= 11 is 0. The average molecular weight is 758 g/mol. The molecule has 0 aromatic rings. The van der Waals surface area contributed by atoms with Crippen LogP contribution >= 0.6 is 0 Å². The third-order valence-corrected chi connectivity index (χ3v) is 13.6. The first-order chi connectivity index (χ1) is 24.8. The van der Waals surface area contributed by atoms with E-state index in [1.807, 2.05) is 60.3 Å². The fourth-order valence-electron chi connectivity index (χ4n) is 9.75. The highest BCUT2D eigenvalue weighted by atomic mass is 16.7. The summed E-state index contributed by atoms with van der Waals surface area (Å²) in [5, 5.41) is 0. The maximum atomic E-state index is 14.9. The lowest BCUT2D eigenvalue weighted by Crippen LogP contribution is -2.64. The van der Waals surface area contributed by atoms with E-state index >= 15 is 0 Å². The van der Waals surface area contributed by atoms with Gasteiger partial charge in [0.1, 0.15) is 18.1 Å². The van der Waals surface area contributed by atoms with E-state index in [0.717, 1.165) is 12.1 Å². The number of fused-ring (bicyclic) bond motifs is 1. The lowest BCUT2D eigenvalue weighted by molar-refractivity contribution is -0.282. The highest BCUT2D eigenvalue weighted by Crippen LogP contribution is 2.50. The van der Waals surface area contributed by atoms with Gasteiger partial charge in [0.15, 0.2) is 17.7 Å². The lowest BCUT2D eigenvalue weighted by Gasteiger charge is -2.48. The number of hydrogen-bond acceptors (Lipinski definition) is 10. The third kappa shape index (κ3) is 7.75. The van der Waals surface area contributed by atoms with Gasteiger partial charge in [-0.25, -0.2) is 4.79 Å². The van der Waals surface area contributed by atoms with E-state index < -0.39 is 70.2 Å². The number of ketones is 1. The zero-order chi connectivity index (χ0) is 40.9. The summed E-state index contributed by atoms with van der Waals surface area (Å²) in [4.78, 5) is 53.0. The molecular formula is C43H71N3O8. The summed E-state index contributed by atoms with van der Waals surface area (Å²) < 4.78 is 33.2. The van der Waals surface area contributed by atoms with Crippen molar-refractivity contribution in [3.63, 3.8) is 0 Å². The summed E-state index contributed by atoms with van der Waals surface area (Å²) in [6, 6.07) is -0.348. The van der Waals surface area contributed by atoms with Gasteiger partial charge >= 0.3 is 12.1 Å². The zero-order valence-electron chi connectivity index (χ0n) is 36.4. The maximum absolute atomic E-state index is 14.9. The second-order valence-corrected chi connectivity index (χ2v) is 18.8. The quantitative estimate of drug-likeness (QED) is 0.159. The van der Waals surface area contributed by atoms with Crippen molar-refractivity contribution in [1.82, 2.24) is 9.80 Å². The first-order valence-corrected chi connectivity index (χ1v) is 20.3. The molecule has 306 valence electrons. The second kappa shape index (κ2) is 15.8. The Morgan fingerprint density at radius 1 is 0.926 bits per heavy atom. The Morgan fingerprint density at radius 3 is 2.13 bits per heavy atom. The molecule has 0 N–H and O–H groups in total. The lowest BCUT2D eigenvalue weighted by atomic mass is 9.71. The molecule has 0 aromatic heterocycles. The number of carbonyl (C=O) groups excluding carboxylic acids is 3. The minimum absolute atomic E-state index is 0.0331. The van der Waals surface area contributed by atoms with Gasteiger partial charge < -0.3 is 28.6 Å². The molecule has 1 amide bonds. The summed E-state index contributed by atoms with van der Waals surface area (Å²) in [6.45, 7) is 29.5. The Labute approximate surface area is 326 Å². The van der Waals surface area contributed by atoms with Crippen molar-refractivity contribution in [2.45, 2.75) is 189 Å². The molecule has 0 aromatic carbocycles. The average Bonchev–Trinajstić information content (AvgIpc) is 3.33. The van der Waals surface area contributed by atoms with Gasteiger partial charge in [-0.2, -0.15) is 0 Å². The van der Waals surface area contributed by atoms with Crippen molar-refractivity contribution in [2.24, 2.45) is 34.1 Å². The Hall–Kier alpha value is -2.52. The second-order valence-electron chi connectivity index (χ2n) is 18.8. The van der Waals surface area contributed by atoms with Gasteiger partial charge in [0.2, 0.25) is 0 Å². The van der Waals surface area contributed by atoms with E-state index in [2.05, 4.69) is 65.5 Å². The highest BCUT2D eigenvalue weighted by Gasteiger charge is 2.66. The van der Waals surface area contributed by atoms with E-state index in [9.17, 15) is 14.4 Å². The molecule has 4 aliphatic rings. The van der Waals surface area contributed by atoms with Gasteiger partial charge in [-0.1, -0.05) is 47.5 Å². The smallest absolute Gasteiger partial charge is 0.411 e. The van der Waals surface area contributed by atoms with Crippen LogP contribution in [0.2, 0.25) is 0 Å². The van der Waals surface area contributed by atoms with Crippen LogP contribution in [0.4, 0.5) is 4.79 Å². The predicted molar refractivity (Wildman–Crippen MR) is 210 cm³/mol. The van der Waals surface area contributed by atoms with Crippen LogP contribution in [0, 0.1) is 40.9 Å². The van der Waals surface area contributed by atoms with Crippen LogP contribution < -0.4 is 0 Å². The van der Waals surface area contributed by atoms with E-state index in [0.29, 0.717) is 19.3 Å². The van der Waals surface area contributed by atoms with Crippen LogP contribution in [0.1, 0.15) is 130 Å². The van der Waals surface area contributed by atoms with Crippen LogP contribution in [0.15, 0.2) is 4.99 Å². The molecular weight excluding hydrogens is 686 g/mol. The van der Waals surface area contributed by atoms with Crippen molar-refractivity contribution < 1.29 is 38.1 Å². The number of cyclic esters (lactones) is 1. The molecule has 0 saturated carbocycles. The predicted octanol–water partition coefficient (Wildman–Crippen LogP) is 7.08. The summed E-state index contributed by atoms with van der Waals surface area (Å²) in [6.07, 6.45) is -0.576. The number of amides is 1. The standard InChI is InChI=1S/C43H71N3O8/c1-18-20-21-22-50-42(14)24-25(3)32-28(6)33-43(15,54-38(49)46(33)41(12,13)40(10,11)44-32)31(19-2)52-37(48)39(8,9)34(47)29(7)35(42)53-36-27(5)30(45(16)17)23-26(4)51-36/h25-31,33,35-36H,18-19,22-24H2,1-17H3/t25-,26-,27-,28+,29+,30+,31-,33-,35-,36+,42+,43-/m1/s1. The zero-order valence-corrected chi connectivity index (χ0v) is 36.4. The molecule has 11 heteroatoms. The summed E-state index contributed by atoms with van der Waals surface area (Å²) in [5.74, 6) is 3.89. The SMILES string of the molecule is CCC#CCO[C@@]1(C)C[C@@H](C)C2=NC(C)(C)C(C)(C)N3C(=O)O[C@](C)([C@@H](CC)OC(=O)C(C)(C)C(=O)[C@H](C)[C@H]1O[C@@H]1O[C@H](C)C[C@H](N(C)C)[C@H]1C)[C@H]3[C@H]2C. The van der Waals surface area contributed by atoms with Gasteiger partial charge in [0, 0.05) is 35.9 Å². The largest absolute Gasteiger partial charge is 0.457 e. The van der Waals surface area contributed by atoms with Crippen LogP contribution in [-0.4, -0.2) is 113 Å². The number of carbonyl (C=O) groups is 3. The summed E-state index contributed by atoms with van der Waals surface area (Å²) in [5.41, 5.74) is -4.53. The van der Waals surface area contributed by atoms with Gasteiger partial charge in [-0.3, -0.25) is 19.5 Å². The van der Waals surface area contributed by atoms with Gasteiger partial charge in [0.05, 0.1) is 34.9 Å². The Kier molecular flexibility index (Phi) is 12.9. The molecule has 2 bridgehead atoms. The molecule has 3 saturated heterocycles. The fourth-order valence-corrected chi connectivity index (χ4v) is 9.75. The fraction of sp³-hybridized carbons (Fsp3) is 0.860. The molecule has 4 heterocycles. The van der Waals surface area contributed by atoms with Crippen molar-refractivity contribution in [3.05, 3.63) is 0 Å². The molecule has 12 atom stereocenters. The molecule has 0 unspecified atom stereocenters. The van der Waals surface area contributed by atoms with E-state index in [1.165, 1.54) is 0 Å². The molecule has 0 spiro atoms. The topological polar surface area (TPSA) is 116 Å². The van der Waals surface area contributed by atoms with Gasteiger partial charge in [0.25, 0.3) is 0 Å². The van der Waals surface area contributed by atoms with Crippen LogP contribution in [-0.2, 0) is 33.3 Å². The van der Waals surface area contributed by atoms with Crippen LogP contribution in [0.5, 0.6) is 0 Å². The minimum atomic E-state index is -1.58. The Balaban J connectivity index is 1.99. The molecule has 0 radical (unpaired) electrons. The minimum Gasteiger partial charge on any atom is -0.457 e. The normalized spacial score (nSPS) is 40.8. The Bertz CT molecular complexity index is 1510. The Morgan fingerprint density at radius 2 is 1.56 bits per heavy atom. The van der Waals surface area contributed by atoms with Crippen molar-refractivity contribution >= 4 is 23.6 Å².